The summed E-state index contributed by atoms with van der Waals surface area (Å²) in [6.45, 7) is 3.55. The van der Waals surface area contributed by atoms with Crippen molar-refractivity contribution >= 4 is 6.29 Å². The third kappa shape index (κ3) is 4.46. The van der Waals surface area contributed by atoms with Gasteiger partial charge in [0.1, 0.15) is 5.69 Å². The molecule has 1 aliphatic carbocycles. The maximum atomic E-state index is 13.1. The molecule has 0 radical (unpaired) electrons. The van der Waals surface area contributed by atoms with E-state index in [0.29, 0.717) is 23.6 Å². The highest BCUT2D eigenvalue weighted by atomic mass is 19.4. The van der Waals surface area contributed by atoms with Crippen LogP contribution in [0.1, 0.15) is 51.6 Å². The van der Waals surface area contributed by atoms with Crippen molar-refractivity contribution < 1.29 is 18.0 Å². The molecule has 3 aliphatic rings. The Hall–Kier alpha value is -2.23. The number of nitrogens with zero attached hydrogens (tertiary/aromatic N) is 3. The van der Waals surface area contributed by atoms with Crippen LogP contribution in [0.2, 0.25) is 0 Å². The van der Waals surface area contributed by atoms with Crippen molar-refractivity contribution in [3.05, 3.63) is 52.3 Å². The third-order valence-electron chi connectivity index (χ3n) is 7.08. The van der Waals surface area contributed by atoms with Crippen LogP contribution in [-0.4, -0.2) is 65.6 Å². The molecular formula is C23H30F3N5O. The van der Waals surface area contributed by atoms with Crippen molar-refractivity contribution in [3.8, 4) is 0 Å². The molecule has 3 atom stereocenters. The van der Waals surface area contributed by atoms with Gasteiger partial charge in [0.25, 0.3) is 0 Å². The summed E-state index contributed by atoms with van der Waals surface area (Å²) in [5.74, 6) is 0.232. The van der Waals surface area contributed by atoms with Gasteiger partial charge in [-0.1, -0.05) is 18.2 Å². The molecule has 3 heterocycles. The molecule has 1 saturated carbocycles. The second-order valence-electron chi connectivity index (χ2n) is 9.52. The Labute approximate surface area is 186 Å². The van der Waals surface area contributed by atoms with E-state index in [4.69, 9.17) is 5.73 Å². The molecule has 1 unspecified atom stereocenters. The zero-order chi connectivity index (χ0) is 23.1. The molecule has 5 rings (SSSR count). The molecule has 0 amide bonds. The van der Waals surface area contributed by atoms with Gasteiger partial charge in [0.2, 0.25) is 0 Å². The van der Waals surface area contributed by atoms with Gasteiger partial charge in [0.15, 0.2) is 6.29 Å². The van der Waals surface area contributed by atoms with Gasteiger partial charge in [-0.3, -0.25) is 9.89 Å². The molecule has 3 N–H and O–H groups in total. The highest BCUT2D eigenvalue weighted by molar-refractivity contribution is 5.74. The number of carbonyl (C=O) groups is 1. The number of carbonyl (C=O) groups excluding carboxylic acids is 1. The molecule has 2 aromatic rings. The van der Waals surface area contributed by atoms with Crippen LogP contribution in [0.25, 0.3) is 0 Å². The summed E-state index contributed by atoms with van der Waals surface area (Å²) >= 11 is 0. The number of halogens is 3. The van der Waals surface area contributed by atoms with Crippen LogP contribution in [0.3, 0.4) is 0 Å². The van der Waals surface area contributed by atoms with Gasteiger partial charge in [-0.2, -0.15) is 18.3 Å². The highest BCUT2D eigenvalue weighted by Crippen LogP contribution is 2.49. The molecule has 1 aromatic carbocycles. The number of hydrogen-bond donors (Lipinski definition) is 2. The van der Waals surface area contributed by atoms with E-state index in [0.717, 1.165) is 56.6 Å². The van der Waals surface area contributed by atoms with E-state index in [2.05, 4.69) is 27.0 Å². The smallest absolute Gasteiger partial charge is 0.324 e. The van der Waals surface area contributed by atoms with Gasteiger partial charge < -0.3 is 15.5 Å². The van der Waals surface area contributed by atoms with Gasteiger partial charge in [0.05, 0.1) is 11.3 Å². The van der Waals surface area contributed by atoms with E-state index in [9.17, 15) is 18.0 Å². The minimum Gasteiger partial charge on any atom is -0.324 e. The second kappa shape index (κ2) is 8.61. The zero-order valence-electron chi connectivity index (χ0n) is 18.5. The summed E-state index contributed by atoms with van der Waals surface area (Å²) in [6.07, 6.45) is -1.13. The quantitative estimate of drug-likeness (QED) is 0.689. The number of fused-ring (bicyclic) bond motifs is 2. The molecule has 1 saturated heterocycles. The van der Waals surface area contributed by atoms with Crippen LogP contribution in [0, 0.1) is 5.92 Å². The number of likely N-dealkylation sites (tertiary alicyclic amines) is 1. The van der Waals surface area contributed by atoms with Crippen molar-refractivity contribution in [2.75, 3.05) is 33.7 Å². The van der Waals surface area contributed by atoms with Crippen LogP contribution in [0.4, 0.5) is 13.2 Å². The van der Waals surface area contributed by atoms with Crippen LogP contribution >= 0.6 is 0 Å². The number of hydrogen-bond acceptors (Lipinski definition) is 5. The van der Waals surface area contributed by atoms with E-state index in [1.807, 2.05) is 7.05 Å². The number of alkyl halides is 3. The van der Waals surface area contributed by atoms with Crippen LogP contribution in [-0.2, 0) is 19.1 Å². The number of likely N-dealkylation sites (N-methyl/N-ethyl adjacent to an activating group) is 2. The largest absolute Gasteiger partial charge is 0.416 e. The van der Waals surface area contributed by atoms with Crippen molar-refractivity contribution in [1.82, 2.24) is 20.0 Å². The summed E-state index contributed by atoms with van der Waals surface area (Å²) in [7, 11) is 4.08. The molecule has 32 heavy (non-hydrogen) atoms. The van der Waals surface area contributed by atoms with Crippen LogP contribution < -0.4 is 5.73 Å². The van der Waals surface area contributed by atoms with Crippen molar-refractivity contribution in [1.29, 1.82) is 0 Å². The van der Waals surface area contributed by atoms with Crippen LogP contribution in [0.5, 0.6) is 0 Å². The fourth-order valence-corrected chi connectivity index (χ4v) is 5.60. The molecule has 0 bridgehead atoms. The minimum absolute atomic E-state index is 0.0727. The fourth-order valence-electron chi connectivity index (χ4n) is 5.60. The third-order valence-corrected chi connectivity index (χ3v) is 7.08. The average molecular weight is 450 g/mol. The molecule has 2 aliphatic heterocycles. The first-order chi connectivity index (χ1) is 15.1. The first-order valence-electron chi connectivity index (χ1n) is 10.9. The summed E-state index contributed by atoms with van der Waals surface area (Å²) in [5, 5.41) is 6.82. The Kier molecular flexibility index (Phi) is 6.17. The van der Waals surface area contributed by atoms with Crippen molar-refractivity contribution in [2.24, 2.45) is 11.7 Å². The maximum Gasteiger partial charge on any atom is 0.416 e. The van der Waals surface area contributed by atoms with E-state index in [1.165, 1.54) is 12.1 Å². The SMILES string of the molecule is CN1CCc2c(C=O)n[nH]c2C1.CN1C[C@H]2CC(c3ccccc3C(F)(F)F)C[C@@]2(N)C1. The summed E-state index contributed by atoms with van der Waals surface area (Å²) in [6, 6.07) is 5.93. The molecule has 2 fully saturated rings. The van der Waals surface area contributed by atoms with Gasteiger partial charge in [0, 0.05) is 37.3 Å². The highest BCUT2D eigenvalue weighted by Gasteiger charge is 2.50. The summed E-state index contributed by atoms with van der Waals surface area (Å²) in [4.78, 5) is 14.9. The lowest BCUT2D eigenvalue weighted by atomic mass is 9.90. The van der Waals surface area contributed by atoms with E-state index < -0.39 is 11.7 Å². The Balaban J connectivity index is 0.000000174. The summed E-state index contributed by atoms with van der Waals surface area (Å²) < 4.78 is 39.3. The lowest BCUT2D eigenvalue weighted by Crippen LogP contribution is -2.44. The minimum atomic E-state index is -4.28. The van der Waals surface area contributed by atoms with Crippen molar-refractivity contribution in [2.45, 2.75) is 43.4 Å². The maximum absolute atomic E-state index is 13.1. The fraction of sp³-hybridized carbons (Fsp3) is 0.565. The number of rotatable bonds is 2. The Bertz CT molecular complexity index is 975. The standard InChI is InChI=1S/C15H19F3N2.C8H11N3O/c1-20-8-11-6-10(7-14(11,19)9-20)12-4-2-3-5-13(12)15(16,17)18;1-11-3-2-6-7(4-11)9-10-8(6)5-12/h2-5,10-11H,6-9,19H2,1H3;5H,2-4H2,1H3,(H,9,10)/t10?,11-,14-;/m1./s1. The molecule has 9 heteroatoms. The Morgan fingerprint density at radius 1 is 1.25 bits per heavy atom. The predicted molar refractivity (Wildman–Crippen MR) is 115 cm³/mol. The number of H-pyrrole nitrogens is 1. The van der Waals surface area contributed by atoms with Gasteiger partial charge in [-0.05, 0) is 56.8 Å². The number of aldehydes is 1. The number of nitrogens with one attached hydrogen (secondary N) is 1. The van der Waals surface area contributed by atoms with Gasteiger partial charge >= 0.3 is 6.18 Å². The molecule has 0 spiro atoms. The Morgan fingerprint density at radius 3 is 2.69 bits per heavy atom. The monoisotopic (exact) mass is 449 g/mol. The van der Waals surface area contributed by atoms with Gasteiger partial charge in [-0.15, -0.1) is 0 Å². The number of nitrogens with two attached hydrogens (primary N) is 1. The van der Waals surface area contributed by atoms with E-state index in [-0.39, 0.29) is 11.5 Å². The first kappa shape index (κ1) is 22.9. The molecular weight excluding hydrogens is 419 g/mol. The van der Waals surface area contributed by atoms with Gasteiger partial charge in [-0.25, -0.2) is 0 Å². The molecule has 1 aromatic heterocycles. The lowest BCUT2D eigenvalue weighted by Gasteiger charge is -2.24. The van der Waals surface area contributed by atoms with Crippen molar-refractivity contribution in [3.63, 3.8) is 0 Å². The van der Waals surface area contributed by atoms with E-state index in [1.54, 1.807) is 12.1 Å². The topological polar surface area (TPSA) is 78.2 Å². The number of aromatic nitrogens is 2. The zero-order valence-corrected chi connectivity index (χ0v) is 18.5. The second-order valence-corrected chi connectivity index (χ2v) is 9.52. The normalized spacial score (nSPS) is 28.1. The molecule has 6 nitrogen and oxygen atoms in total. The summed E-state index contributed by atoms with van der Waals surface area (Å²) in [5.41, 5.74) is 8.79. The number of aromatic amines is 1. The van der Waals surface area contributed by atoms with Crippen LogP contribution in [0.15, 0.2) is 24.3 Å². The number of benzene rings is 1. The van der Waals surface area contributed by atoms with E-state index >= 15 is 0 Å². The molecule has 174 valence electrons. The first-order valence-corrected chi connectivity index (χ1v) is 10.9. The lowest BCUT2D eigenvalue weighted by molar-refractivity contribution is -0.138. The Morgan fingerprint density at radius 2 is 2.00 bits per heavy atom. The predicted octanol–water partition coefficient (Wildman–Crippen LogP) is 3.05. The average Bonchev–Trinajstić information content (AvgIpc) is 3.35.